The van der Waals surface area contributed by atoms with Crippen LogP contribution in [0.4, 0.5) is 23.1 Å². The Labute approximate surface area is 144 Å². The summed E-state index contributed by atoms with van der Waals surface area (Å²) in [5.74, 6) is 1.76. The van der Waals surface area contributed by atoms with Crippen molar-refractivity contribution in [1.82, 2.24) is 9.97 Å². The van der Waals surface area contributed by atoms with E-state index in [9.17, 15) is 0 Å². The van der Waals surface area contributed by atoms with E-state index in [0.29, 0.717) is 28.6 Å². The van der Waals surface area contributed by atoms with Crippen LogP contribution in [-0.2, 0) is 0 Å². The van der Waals surface area contributed by atoms with Gasteiger partial charge in [-0.3, -0.25) is 0 Å². The Kier molecular flexibility index (Phi) is 5.42. The molecule has 0 fully saturated rings. The highest BCUT2D eigenvalue weighted by atomic mass is 32.1. The molecule has 0 spiro atoms. The number of methoxy groups -OCH3 is 3. The summed E-state index contributed by atoms with van der Waals surface area (Å²) in [5.41, 5.74) is 12.3. The Morgan fingerprint density at radius 2 is 1.67 bits per heavy atom. The second-order valence-electron chi connectivity index (χ2n) is 4.52. The molecule has 6 N–H and O–H groups in total. The summed E-state index contributed by atoms with van der Waals surface area (Å²) < 4.78 is 15.8. The van der Waals surface area contributed by atoms with E-state index >= 15 is 0 Å². The van der Waals surface area contributed by atoms with Crippen LogP contribution < -0.4 is 36.3 Å². The lowest BCUT2D eigenvalue weighted by Crippen LogP contribution is -2.20. The molecule has 1 aromatic heterocycles. The molecule has 128 valence electrons. The monoisotopic (exact) mass is 350 g/mol. The average molecular weight is 350 g/mol. The highest BCUT2D eigenvalue weighted by Gasteiger charge is 2.14. The third kappa shape index (κ3) is 3.84. The lowest BCUT2D eigenvalue weighted by molar-refractivity contribution is 0.324. The number of hydrogen-bond donors (Lipinski definition) is 4. The standard InChI is InChI=1S/C14H18N6O3S/c1-21-9-4-7(5-10(22-2)11(9)23-3)18-14(24)19-8-6-17-13(16)20-12(8)15/h4-6H,1-3H3,(H2,18,19,24)(H4,15,16,17,20). The number of anilines is 4. The first-order valence-electron chi connectivity index (χ1n) is 6.74. The molecule has 0 amide bonds. The van der Waals surface area contributed by atoms with Crippen LogP contribution in [0.25, 0.3) is 0 Å². The quantitative estimate of drug-likeness (QED) is 0.588. The zero-order valence-corrected chi connectivity index (χ0v) is 14.2. The van der Waals surface area contributed by atoms with Gasteiger partial charge >= 0.3 is 0 Å². The third-order valence-corrected chi connectivity index (χ3v) is 3.21. The van der Waals surface area contributed by atoms with Gasteiger partial charge in [0.1, 0.15) is 5.69 Å². The Balaban J connectivity index is 2.19. The molecule has 0 atom stereocenters. The average Bonchev–Trinajstić information content (AvgIpc) is 2.56. The first kappa shape index (κ1) is 17.3. The molecule has 2 rings (SSSR count). The van der Waals surface area contributed by atoms with E-state index < -0.39 is 0 Å². The number of aromatic nitrogens is 2. The summed E-state index contributed by atoms with van der Waals surface area (Å²) in [6.07, 6.45) is 1.45. The highest BCUT2D eigenvalue weighted by Crippen LogP contribution is 2.39. The van der Waals surface area contributed by atoms with E-state index in [0.717, 1.165) is 0 Å². The number of benzene rings is 1. The van der Waals surface area contributed by atoms with E-state index in [1.807, 2.05) is 0 Å². The molecule has 0 saturated heterocycles. The predicted octanol–water partition coefficient (Wildman–Crippen LogP) is 1.48. The fourth-order valence-electron chi connectivity index (χ4n) is 1.94. The molecule has 1 heterocycles. The van der Waals surface area contributed by atoms with Gasteiger partial charge in [0.25, 0.3) is 0 Å². The van der Waals surface area contributed by atoms with Crippen LogP contribution in [0.1, 0.15) is 0 Å². The van der Waals surface area contributed by atoms with Crippen molar-refractivity contribution in [3.63, 3.8) is 0 Å². The van der Waals surface area contributed by atoms with Crippen molar-refractivity contribution in [2.45, 2.75) is 0 Å². The zero-order valence-electron chi connectivity index (χ0n) is 13.4. The zero-order chi connectivity index (χ0) is 17.7. The Morgan fingerprint density at radius 1 is 1.04 bits per heavy atom. The highest BCUT2D eigenvalue weighted by molar-refractivity contribution is 7.80. The second-order valence-corrected chi connectivity index (χ2v) is 4.93. The van der Waals surface area contributed by atoms with Crippen LogP contribution in [-0.4, -0.2) is 36.4 Å². The molecule has 0 aliphatic rings. The van der Waals surface area contributed by atoms with Crippen LogP contribution in [0.15, 0.2) is 18.3 Å². The molecule has 24 heavy (non-hydrogen) atoms. The largest absolute Gasteiger partial charge is 0.493 e. The van der Waals surface area contributed by atoms with Gasteiger partial charge in [-0.1, -0.05) is 0 Å². The molecule has 0 radical (unpaired) electrons. The van der Waals surface area contributed by atoms with Gasteiger partial charge in [-0.15, -0.1) is 0 Å². The minimum atomic E-state index is 0.0848. The minimum Gasteiger partial charge on any atom is -0.493 e. The molecule has 0 aliphatic carbocycles. The fourth-order valence-corrected chi connectivity index (χ4v) is 2.17. The maximum Gasteiger partial charge on any atom is 0.222 e. The van der Waals surface area contributed by atoms with Crippen LogP contribution in [0.3, 0.4) is 0 Å². The second kappa shape index (κ2) is 7.51. The fraction of sp³-hybridized carbons (Fsp3) is 0.214. The maximum absolute atomic E-state index is 5.75. The normalized spacial score (nSPS) is 9.96. The molecule has 0 aliphatic heterocycles. The third-order valence-electron chi connectivity index (χ3n) is 3.01. The van der Waals surface area contributed by atoms with Crippen molar-refractivity contribution in [3.8, 4) is 17.2 Å². The summed E-state index contributed by atoms with van der Waals surface area (Å²) in [7, 11) is 4.59. The summed E-state index contributed by atoms with van der Waals surface area (Å²) >= 11 is 5.25. The van der Waals surface area contributed by atoms with Crippen LogP contribution in [0, 0.1) is 0 Å². The summed E-state index contributed by atoms with van der Waals surface area (Å²) in [6.45, 7) is 0. The summed E-state index contributed by atoms with van der Waals surface area (Å²) in [4.78, 5) is 7.71. The van der Waals surface area contributed by atoms with E-state index in [1.165, 1.54) is 27.5 Å². The molecule has 2 aromatic rings. The van der Waals surface area contributed by atoms with Crippen molar-refractivity contribution in [1.29, 1.82) is 0 Å². The maximum atomic E-state index is 5.75. The first-order valence-corrected chi connectivity index (χ1v) is 7.15. The summed E-state index contributed by atoms with van der Waals surface area (Å²) in [5, 5.41) is 6.17. The number of rotatable bonds is 5. The van der Waals surface area contributed by atoms with E-state index in [-0.39, 0.29) is 16.9 Å². The van der Waals surface area contributed by atoms with Gasteiger partial charge in [-0.05, 0) is 12.2 Å². The number of hydrogen-bond acceptors (Lipinski definition) is 8. The number of thiocarbonyl (C=S) groups is 1. The van der Waals surface area contributed by atoms with E-state index in [2.05, 4.69) is 20.6 Å². The van der Waals surface area contributed by atoms with Crippen molar-refractivity contribution in [2.24, 2.45) is 0 Å². The van der Waals surface area contributed by atoms with Crippen molar-refractivity contribution < 1.29 is 14.2 Å². The van der Waals surface area contributed by atoms with Crippen LogP contribution in [0.5, 0.6) is 17.2 Å². The van der Waals surface area contributed by atoms with Gasteiger partial charge in [0.2, 0.25) is 11.7 Å². The minimum absolute atomic E-state index is 0.0848. The molecule has 9 nitrogen and oxygen atoms in total. The first-order chi connectivity index (χ1) is 11.5. The number of nitrogen functional groups attached to an aromatic ring is 2. The van der Waals surface area contributed by atoms with Gasteiger partial charge in [-0.25, -0.2) is 4.98 Å². The lowest BCUT2D eigenvalue weighted by Gasteiger charge is -2.16. The molecular weight excluding hydrogens is 332 g/mol. The molecule has 0 unspecified atom stereocenters. The van der Waals surface area contributed by atoms with Gasteiger partial charge < -0.3 is 36.3 Å². The topological polar surface area (TPSA) is 130 Å². The van der Waals surface area contributed by atoms with Gasteiger partial charge in [0.15, 0.2) is 22.4 Å². The Morgan fingerprint density at radius 3 is 2.17 bits per heavy atom. The SMILES string of the molecule is COc1cc(NC(=S)Nc2cnc(N)nc2N)cc(OC)c1OC. The van der Waals surface area contributed by atoms with Gasteiger partial charge in [0.05, 0.1) is 27.5 Å². The van der Waals surface area contributed by atoms with Crippen molar-refractivity contribution >= 4 is 40.5 Å². The van der Waals surface area contributed by atoms with E-state index in [4.69, 9.17) is 37.9 Å². The van der Waals surface area contributed by atoms with Gasteiger partial charge in [-0.2, -0.15) is 4.98 Å². The lowest BCUT2D eigenvalue weighted by atomic mass is 10.2. The number of nitrogens with zero attached hydrogens (tertiary/aromatic N) is 2. The molecule has 0 bridgehead atoms. The molecule has 1 aromatic carbocycles. The number of ether oxygens (including phenoxy) is 3. The summed E-state index contributed by atoms with van der Waals surface area (Å²) in [6, 6.07) is 3.44. The van der Waals surface area contributed by atoms with Crippen molar-refractivity contribution in [2.75, 3.05) is 43.4 Å². The number of nitrogens with one attached hydrogen (secondary N) is 2. The number of nitrogens with two attached hydrogens (primary N) is 2. The van der Waals surface area contributed by atoms with Crippen molar-refractivity contribution in [3.05, 3.63) is 18.3 Å². The van der Waals surface area contributed by atoms with Crippen LogP contribution in [0.2, 0.25) is 0 Å². The predicted molar refractivity (Wildman–Crippen MR) is 96.8 cm³/mol. The molecule has 0 saturated carbocycles. The molecule has 10 heteroatoms. The van der Waals surface area contributed by atoms with Crippen LogP contribution >= 0.6 is 12.2 Å². The smallest absolute Gasteiger partial charge is 0.222 e. The Hall–Kier alpha value is -3.01. The van der Waals surface area contributed by atoms with Gasteiger partial charge in [0, 0.05) is 17.8 Å². The molecular formula is C14H18N6O3S. The Bertz CT molecular complexity index is 730. The van der Waals surface area contributed by atoms with E-state index in [1.54, 1.807) is 12.1 Å².